The largest absolute Gasteiger partial charge is 0.481 e. The summed E-state index contributed by atoms with van der Waals surface area (Å²) in [6.45, 7) is 7.34. The third-order valence-electron chi connectivity index (χ3n) is 1.94. The maximum absolute atomic E-state index is 10.2. The lowest BCUT2D eigenvalue weighted by Crippen LogP contribution is -2.09. The third-order valence-corrected chi connectivity index (χ3v) is 1.94. The molecule has 0 fully saturated rings. The molecule has 96 valence electrons. The van der Waals surface area contributed by atoms with Crippen molar-refractivity contribution >= 4 is 11.9 Å². The Bertz CT molecular complexity index is 189. The van der Waals surface area contributed by atoms with Gasteiger partial charge in [0.15, 0.2) is 0 Å². The molecule has 0 amide bonds. The van der Waals surface area contributed by atoms with Crippen molar-refractivity contribution in [2.24, 2.45) is 0 Å². The van der Waals surface area contributed by atoms with E-state index in [0.29, 0.717) is 6.42 Å². The van der Waals surface area contributed by atoms with Crippen molar-refractivity contribution in [1.29, 1.82) is 0 Å². The second kappa shape index (κ2) is 12.0. The zero-order valence-electron chi connectivity index (χ0n) is 10.8. The summed E-state index contributed by atoms with van der Waals surface area (Å²) < 4.78 is 4.76. The van der Waals surface area contributed by atoms with Gasteiger partial charge in [-0.1, -0.05) is 26.7 Å². The number of carbonyl (C=O) groups is 2. The second-order valence-electron chi connectivity index (χ2n) is 3.68. The lowest BCUT2D eigenvalue weighted by molar-refractivity contribution is -0.145. The molecule has 0 bridgehead atoms. The Labute approximate surface area is 98.0 Å². The van der Waals surface area contributed by atoms with Crippen molar-refractivity contribution in [2.45, 2.75) is 65.9 Å². The normalized spacial score (nSPS) is 11.0. The molecule has 1 unspecified atom stereocenters. The molecule has 4 heteroatoms. The maximum atomic E-state index is 10.2. The van der Waals surface area contributed by atoms with Gasteiger partial charge in [0, 0.05) is 13.3 Å². The van der Waals surface area contributed by atoms with Gasteiger partial charge in [0.2, 0.25) is 0 Å². The summed E-state index contributed by atoms with van der Waals surface area (Å²) in [6, 6.07) is 0. The number of aliphatic carboxylic acids is 1. The quantitative estimate of drug-likeness (QED) is 0.565. The fraction of sp³-hybridized carbons (Fsp3) is 0.833. The number of rotatable bonds is 6. The van der Waals surface area contributed by atoms with Crippen molar-refractivity contribution in [3.63, 3.8) is 0 Å². The van der Waals surface area contributed by atoms with E-state index in [2.05, 4.69) is 6.92 Å². The van der Waals surface area contributed by atoms with E-state index in [4.69, 9.17) is 9.84 Å². The van der Waals surface area contributed by atoms with E-state index < -0.39 is 5.97 Å². The van der Waals surface area contributed by atoms with Crippen molar-refractivity contribution in [3.05, 3.63) is 0 Å². The van der Waals surface area contributed by atoms with Gasteiger partial charge in [-0.15, -0.1) is 0 Å². The highest BCUT2D eigenvalue weighted by Crippen LogP contribution is 1.97. The van der Waals surface area contributed by atoms with Gasteiger partial charge in [-0.2, -0.15) is 0 Å². The molecule has 4 nitrogen and oxygen atoms in total. The number of hydrogen-bond donors (Lipinski definition) is 1. The number of carbonyl (C=O) groups excluding carboxylic acids is 1. The molecule has 16 heavy (non-hydrogen) atoms. The minimum absolute atomic E-state index is 0.0764. The Morgan fingerprint density at radius 1 is 1.25 bits per heavy atom. The summed E-state index contributed by atoms with van der Waals surface area (Å²) >= 11 is 0. The summed E-state index contributed by atoms with van der Waals surface area (Å²) in [5.41, 5.74) is 0. The van der Waals surface area contributed by atoms with E-state index in [1.807, 2.05) is 13.8 Å². The molecule has 0 radical (unpaired) electrons. The first kappa shape index (κ1) is 17.3. The highest BCUT2D eigenvalue weighted by molar-refractivity contribution is 5.66. The lowest BCUT2D eigenvalue weighted by atomic mass is 10.2. The topological polar surface area (TPSA) is 63.6 Å². The van der Waals surface area contributed by atoms with Crippen LogP contribution in [0.3, 0.4) is 0 Å². The molecule has 0 aromatic carbocycles. The number of unbranched alkanes of at least 4 members (excludes halogenated alkanes) is 2. The van der Waals surface area contributed by atoms with Crippen LogP contribution < -0.4 is 0 Å². The van der Waals surface area contributed by atoms with Crippen molar-refractivity contribution in [1.82, 2.24) is 0 Å². The smallest absolute Gasteiger partial charge is 0.303 e. The van der Waals surface area contributed by atoms with E-state index in [1.54, 1.807) is 0 Å². The molecule has 0 heterocycles. The van der Waals surface area contributed by atoms with Crippen LogP contribution in [0.4, 0.5) is 0 Å². The minimum Gasteiger partial charge on any atom is -0.481 e. The van der Waals surface area contributed by atoms with Crippen LogP contribution in [-0.2, 0) is 14.3 Å². The second-order valence-corrected chi connectivity index (χ2v) is 3.68. The van der Waals surface area contributed by atoms with E-state index in [-0.39, 0.29) is 12.1 Å². The number of hydrogen-bond acceptors (Lipinski definition) is 3. The highest BCUT2D eigenvalue weighted by atomic mass is 16.5. The van der Waals surface area contributed by atoms with Crippen molar-refractivity contribution in [2.75, 3.05) is 0 Å². The van der Waals surface area contributed by atoms with E-state index in [0.717, 1.165) is 25.7 Å². The lowest BCUT2D eigenvalue weighted by Gasteiger charge is -2.06. The van der Waals surface area contributed by atoms with Crippen LogP contribution in [0.1, 0.15) is 59.8 Å². The van der Waals surface area contributed by atoms with Crippen LogP contribution in [0.5, 0.6) is 0 Å². The molecule has 0 aliphatic heterocycles. The molecule has 1 atom stereocenters. The SMILES string of the molecule is CCC(C)OC(C)=O.CCCCCC(=O)O. The maximum Gasteiger partial charge on any atom is 0.303 e. The van der Waals surface area contributed by atoms with Crippen LogP contribution in [0.2, 0.25) is 0 Å². The average molecular weight is 232 g/mol. The molecule has 1 N–H and O–H groups in total. The molecule has 0 rings (SSSR count). The Hall–Kier alpha value is -1.06. The van der Waals surface area contributed by atoms with E-state index in [1.165, 1.54) is 6.92 Å². The average Bonchev–Trinajstić information content (AvgIpc) is 2.17. The summed E-state index contributed by atoms with van der Waals surface area (Å²) in [5.74, 6) is -0.877. The Morgan fingerprint density at radius 3 is 2.06 bits per heavy atom. The molecule has 0 saturated heterocycles. The molecule has 0 aliphatic rings. The number of carboxylic acids is 1. The van der Waals surface area contributed by atoms with Gasteiger partial charge in [0.25, 0.3) is 0 Å². The predicted molar refractivity (Wildman–Crippen MR) is 63.3 cm³/mol. The fourth-order valence-corrected chi connectivity index (χ4v) is 0.893. The zero-order valence-corrected chi connectivity index (χ0v) is 10.8. The molecule has 0 aromatic rings. The van der Waals surface area contributed by atoms with Crippen molar-refractivity contribution in [3.8, 4) is 0 Å². The third kappa shape index (κ3) is 18.7. The molecular formula is C12H24O4. The Balaban J connectivity index is 0. The van der Waals surface area contributed by atoms with Gasteiger partial charge in [0.1, 0.15) is 0 Å². The van der Waals surface area contributed by atoms with Crippen LogP contribution in [-0.4, -0.2) is 23.1 Å². The van der Waals surface area contributed by atoms with Gasteiger partial charge in [0.05, 0.1) is 6.10 Å². The molecule has 0 saturated carbocycles. The van der Waals surface area contributed by atoms with Gasteiger partial charge < -0.3 is 9.84 Å². The van der Waals surface area contributed by atoms with Crippen LogP contribution in [0.25, 0.3) is 0 Å². The standard InChI is InChI=1S/2C6H12O2/c1-4-5(2)8-6(3)7;1-2-3-4-5-6(7)8/h5H,4H2,1-3H3;2-5H2,1H3,(H,7,8). The summed E-state index contributed by atoms with van der Waals surface area (Å²) in [4.78, 5) is 20.1. The number of carboxylic acid groups (broad SMARTS) is 1. The minimum atomic E-state index is -0.682. The monoisotopic (exact) mass is 232 g/mol. The molecule has 0 spiro atoms. The van der Waals surface area contributed by atoms with Gasteiger partial charge >= 0.3 is 11.9 Å². The van der Waals surface area contributed by atoms with Crippen molar-refractivity contribution < 1.29 is 19.4 Å². The van der Waals surface area contributed by atoms with Gasteiger partial charge in [-0.3, -0.25) is 9.59 Å². The first-order chi connectivity index (χ1) is 7.43. The van der Waals surface area contributed by atoms with Crippen LogP contribution in [0, 0.1) is 0 Å². The van der Waals surface area contributed by atoms with Gasteiger partial charge in [-0.05, 0) is 19.8 Å². The van der Waals surface area contributed by atoms with E-state index in [9.17, 15) is 9.59 Å². The summed E-state index contributed by atoms with van der Waals surface area (Å²) in [6.07, 6.45) is 4.24. The first-order valence-electron chi connectivity index (χ1n) is 5.83. The molecule has 0 aromatic heterocycles. The Morgan fingerprint density at radius 2 is 1.81 bits per heavy atom. The Kier molecular flexibility index (Phi) is 13.0. The fourth-order valence-electron chi connectivity index (χ4n) is 0.893. The predicted octanol–water partition coefficient (Wildman–Crippen LogP) is 3.00. The highest BCUT2D eigenvalue weighted by Gasteiger charge is 1.99. The van der Waals surface area contributed by atoms with E-state index >= 15 is 0 Å². The van der Waals surface area contributed by atoms with Gasteiger partial charge in [-0.25, -0.2) is 0 Å². The first-order valence-corrected chi connectivity index (χ1v) is 5.83. The number of esters is 1. The molecule has 0 aliphatic carbocycles. The number of ether oxygens (including phenoxy) is 1. The molecular weight excluding hydrogens is 208 g/mol. The van der Waals surface area contributed by atoms with Crippen LogP contribution in [0.15, 0.2) is 0 Å². The summed E-state index contributed by atoms with van der Waals surface area (Å²) in [5, 5.41) is 8.14. The summed E-state index contributed by atoms with van der Waals surface area (Å²) in [7, 11) is 0. The van der Waals surface area contributed by atoms with Crippen LogP contribution >= 0.6 is 0 Å². The zero-order chi connectivity index (χ0) is 13.0.